The van der Waals surface area contributed by atoms with Gasteiger partial charge in [0, 0.05) is 10.6 Å². The summed E-state index contributed by atoms with van der Waals surface area (Å²) in [6.45, 7) is 8.64. The Labute approximate surface area is 180 Å². The van der Waals surface area contributed by atoms with Gasteiger partial charge in [-0.3, -0.25) is 19.1 Å². The van der Waals surface area contributed by atoms with Gasteiger partial charge in [0.25, 0.3) is 5.56 Å². The number of amides is 1. The van der Waals surface area contributed by atoms with E-state index in [0.717, 1.165) is 53.3 Å². The van der Waals surface area contributed by atoms with Gasteiger partial charge in [-0.2, -0.15) is 0 Å². The maximum atomic E-state index is 13.4. The number of nitrogens with one attached hydrogen (secondary N) is 1. The van der Waals surface area contributed by atoms with E-state index in [9.17, 15) is 9.59 Å². The van der Waals surface area contributed by atoms with Crippen LogP contribution in [0.1, 0.15) is 41.6 Å². The molecule has 1 aromatic carbocycles. The third kappa shape index (κ3) is 4.18. The molecule has 1 fully saturated rings. The Morgan fingerprint density at radius 1 is 1.17 bits per heavy atom. The topological polar surface area (TPSA) is 67.2 Å². The molecule has 7 heteroatoms. The zero-order valence-corrected chi connectivity index (χ0v) is 18.6. The molecule has 3 heterocycles. The molecule has 0 atom stereocenters. The number of benzene rings is 1. The molecule has 30 heavy (non-hydrogen) atoms. The van der Waals surface area contributed by atoms with Crippen molar-refractivity contribution in [2.45, 2.75) is 53.1 Å². The van der Waals surface area contributed by atoms with Gasteiger partial charge in [-0.25, -0.2) is 4.98 Å². The lowest BCUT2D eigenvalue weighted by Gasteiger charge is -2.18. The maximum absolute atomic E-state index is 13.4. The quantitative estimate of drug-likeness (QED) is 0.652. The highest BCUT2D eigenvalue weighted by atomic mass is 32.1. The van der Waals surface area contributed by atoms with Crippen molar-refractivity contribution in [3.8, 4) is 0 Å². The summed E-state index contributed by atoms with van der Waals surface area (Å²) in [5.41, 5.74) is 2.80. The van der Waals surface area contributed by atoms with E-state index in [2.05, 4.69) is 17.1 Å². The molecular formula is C23H28N4O2S. The lowest BCUT2D eigenvalue weighted by atomic mass is 10.1. The van der Waals surface area contributed by atoms with Crippen LogP contribution < -0.4 is 10.9 Å². The average molecular weight is 425 g/mol. The molecule has 2 aromatic heterocycles. The minimum atomic E-state index is -0.213. The molecular weight excluding hydrogens is 396 g/mol. The number of nitrogens with zero attached hydrogens (tertiary/aromatic N) is 3. The number of carbonyl (C=O) groups excluding carboxylic acids is 1. The fraction of sp³-hybridized carbons (Fsp3) is 0.435. The Kier molecular flexibility index (Phi) is 6.01. The second kappa shape index (κ2) is 8.70. The van der Waals surface area contributed by atoms with Gasteiger partial charge >= 0.3 is 0 Å². The van der Waals surface area contributed by atoms with Crippen molar-refractivity contribution in [1.29, 1.82) is 0 Å². The van der Waals surface area contributed by atoms with Crippen LogP contribution >= 0.6 is 11.3 Å². The number of hydrogen-bond donors (Lipinski definition) is 1. The van der Waals surface area contributed by atoms with E-state index in [1.54, 1.807) is 15.9 Å². The first kappa shape index (κ1) is 20.8. The van der Waals surface area contributed by atoms with Gasteiger partial charge in [-0.1, -0.05) is 19.1 Å². The van der Waals surface area contributed by atoms with Gasteiger partial charge in [0.15, 0.2) is 0 Å². The van der Waals surface area contributed by atoms with Crippen LogP contribution in [0.15, 0.2) is 29.1 Å². The molecule has 0 unspecified atom stereocenters. The van der Waals surface area contributed by atoms with E-state index in [-0.39, 0.29) is 18.0 Å². The molecule has 1 amide bonds. The predicted molar refractivity (Wildman–Crippen MR) is 122 cm³/mol. The van der Waals surface area contributed by atoms with Crippen molar-refractivity contribution < 1.29 is 4.79 Å². The standard InChI is InChI=1S/C23H28N4O2S/c1-4-17-7-9-18(10-8-17)24-20(28)14-27-19(13-26-11-5-6-12-26)25-22-21(23(27)29)15(2)16(3)30-22/h7-10H,4-6,11-14H2,1-3H3,(H,24,28). The number of carbonyl (C=O) groups is 1. The van der Waals surface area contributed by atoms with E-state index in [1.165, 1.54) is 5.56 Å². The molecule has 6 nitrogen and oxygen atoms in total. The van der Waals surface area contributed by atoms with Crippen molar-refractivity contribution in [3.63, 3.8) is 0 Å². The Balaban J connectivity index is 1.65. The summed E-state index contributed by atoms with van der Waals surface area (Å²) >= 11 is 1.56. The summed E-state index contributed by atoms with van der Waals surface area (Å²) in [4.78, 5) is 35.2. The molecule has 1 N–H and O–H groups in total. The van der Waals surface area contributed by atoms with Crippen LogP contribution in [0.3, 0.4) is 0 Å². The van der Waals surface area contributed by atoms with Crippen molar-refractivity contribution >= 4 is 33.1 Å². The fourth-order valence-corrected chi connectivity index (χ4v) is 5.00. The number of fused-ring (bicyclic) bond motifs is 1. The van der Waals surface area contributed by atoms with Crippen LogP contribution in [0.4, 0.5) is 5.69 Å². The highest BCUT2D eigenvalue weighted by Crippen LogP contribution is 2.26. The molecule has 0 spiro atoms. The van der Waals surface area contributed by atoms with Crippen LogP contribution in [0.25, 0.3) is 10.2 Å². The minimum absolute atomic E-state index is 0.0329. The summed E-state index contributed by atoms with van der Waals surface area (Å²) in [5, 5.41) is 3.56. The van der Waals surface area contributed by atoms with Crippen molar-refractivity contribution in [2.24, 2.45) is 0 Å². The summed E-state index contributed by atoms with van der Waals surface area (Å²) in [6.07, 6.45) is 3.28. The van der Waals surface area contributed by atoms with E-state index >= 15 is 0 Å². The minimum Gasteiger partial charge on any atom is -0.325 e. The molecule has 0 saturated carbocycles. The second-order valence-corrected chi connectivity index (χ2v) is 9.17. The van der Waals surface area contributed by atoms with Gasteiger partial charge in [0.2, 0.25) is 5.91 Å². The molecule has 3 aromatic rings. The van der Waals surface area contributed by atoms with Gasteiger partial charge in [-0.15, -0.1) is 11.3 Å². The maximum Gasteiger partial charge on any atom is 0.263 e. The normalized spacial score (nSPS) is 14.5. The van der Waals surface area contributed by atoms with E-state index < -0.39 is 0 Å². The van der Waals surface area contributed by atoms with Crippen LogP contribution in [-0.2, 0) is 24.3 Å². The fourth-order valence-electron chi connectivity index (χ4n) is 3.96. The van der Waals surface area contributed by atoms with Crippen molar-refractivity contribution in [3.05, 3.63) is 56.4 Å². The lowest BCUT2D eigenvalue weighted by molar-refractivity contribution is -0.116. The number of anilines is 1. The highest BCUT2D eigenvalue weighted by molar-refractivity contribution is 7.18. The zero-order valence-electron chi connectivity index (χ0n) is 17.8. The number of rotatable bonds is 6. The van der Waals surface area contributed by atoms with Crippen molar-refractivity contribution in [2.75, 3.05) is 18.4 Å². The molecule has 0 aliphatic carbocycles. The smallest absolute Gasteiger partial charge is 0.263 e. The molecule has 4 rings (SSSR count). The largest absolute Gasteiger partial charge is 0.325 e. The summed E-state index contributed by atoms with van der Waals surface area (Å²) in [6, 6.07) is 7.81. The average Bonchev–Trinajstić information content (AvgIpc) is 3.33. The third-order valence-corrected chi connectivity index (χ3v) is 6.98. The summed E-state index contributed by atoms with van der Waals surface area (Å²) in [7, 11) is 0. The summed E-state index contributed by atoms with van der Waals surface area (Å²) in [5.74, 6) is 0.460. The Bertz CT molecular complexity index is 1120. The van der Waals surface area contributed by atoms with Crippen molar-refractivity contribution in [1.82, 2.24) is 14.5 Å². The third-order valence-electron chi connectivity index (χ3n) is 5.88. The number of aromatic nitrogens is 2. The van der Waals surface area contributed by atoms with Crippen LogP contribution in [0, 0.1) is 13.8 Å². The first-order chi connectivity index (χ1) is 14.5. The molecule has 0 radical (unpaired) electrons. The number of likely N-dealkylation sites (tertiary alicyclic amines) is 1. The highest BCUT2D eigenvalue weighted by Gasteiger charge is 2.21. The van der Waals surface area contributed by atoms with Gasteiger partial charge < -0.3 is 5.32 Å². The van der Waals surface area contributed by atoms with Gasteiger partial charge in [-0.05, 0) is 69.5 Å². The Morgan fingerprint density at radius 2 is 1.87 bits per heavy atom. The predicted octanol–water partition coefficient (Wildman–Crippen LogP) is 3.87. The monoisotopic (exact) mass is 424 g/mol. The van der Waals surface area contributed by atoms with Crippen LogP contribution in [0.2, 0.25) is 0 Å². The van der Waals surface area contributed by atoms with Gasteiger partial charge in [0.1, 0.15) is 17.2 Å². The zero-order chi connectivity index (χ0) is 21.3. The first-order valence-electron chi connectivity index (χ1n) is 10.6. The number of hydrogen-bond acceptors (Lipinski definition) is 5. The summed E-state index contributed by atoms with van der Waals surface area (Å²) < 4.78 is 1.57. The molecule has 0 bridgehead atoms. The number of thiophene rings is 1. The lowest BCUT2D eigenvalue weighted by Crippen LogP contribution is -2.33. The number of aryl methyl sites for hydroxylation is 3. The van der Waals surface area contributed by atoms with Crippen LogP contribution in [-0.4, -0.2) is 33.4 Å². The Morgan fingerprint density at radius 3 is 2.53 bits per heavy atom. The first-order valence-corrected chi connectivity index (χ1v) is 11.4. The molecule has 1 aliphatic heterocycles. The molecule has 158 valence electrons. The van der Waals surface area contributed by atoms with Crippen LogP contribution in [0.5, 0.6) is 0 Å². The Hall–Kier alpha value is -2.51. The van der Waals surface area contributed by atoms with E-state index in [0.29, 0.717) is 17.8 Å². The molecule has 1 aliphatic rings. The van der Waals surface area contributed by atoms with E-state index in [1.807, 2.05) is 38.1 Å². The van der Waals surface area contributed by atoms with Gasteiger partial charge in [0.05, 0.1) is 11.9 Å². The van der Waals surface area contributed by atoms with E-state index in [4.69, 9.17) is 4.98 Å². The SMILES string of the molecule is CCc1ccc(NC(=O)Cn2c(CN3CCCC3)nc3sc(C)c(C)c3c2=O)cc1. The molecule has 1 saturated heterocycles. The second-order valence-electron chi connectivity index (χ2n) is 7.96.